The summed E-state index contributed by atoms with van der Waals surface area (Å²) in [6.07, 6.45) is 1.71. The molecule has 0 aliphatic carbocycles. The quantitative estimate of drug-likeness (QED) is 0.495. The molecule has 0 bridgehead atoms. The van der Waals surface area contributed by atoms with Crippen molar-refractivity contribution in [1.82, 2.24) is 15.1 Å². The molecule has 0 atom stereocenters. The fourth-order valence-corrected chi connectivity index (χ4v) is 2.63. The number of hydrogen-bond acceptors (Lipinski definition) is 6. The summed E-state index contributed by atoms with van der Waals surface area (Å²) in [6.45, 7) is 4.03. The van der Waals surface area contributed by atoms with Gasteiger partial charge in [0.1, 0.15) is 18.1 Å². The molecule has 1 aromatic carbocycles. The first kappa shape index (κ1) is 19.2. The van der Waals surface area contributed by atoms with E-state index in [2.05, 4.69) is 10.4 Å². The lowest BCUT2D eigenvalue weighted by Gasteiger charge is -2.06. The maximum absolute atomic E-state index is 12.2. The van der Waals surface area contributed by atoms with Gasteiger partial charge in [-0.1, -0.05) is 0 Å². The van der Waals surface area contributed by atoms with E-state index in [1.54, 1.807) is 36.0 Å². The van der Waals surface area contributed by atoms with Crippen molar-refractivity contribution in [3.8, 4) is 5.75 Å². The van der Waals surface area contributed by atoms with Crippen LogP contribution in [0.5, 0.6) is 5.75 Å². The minimum absolute atomic E-state index is 0.0353. The second kappa shape index (κ2) is 7.95. The third-order valence-electron chi connectivity index (χ3n) is 4.41. The Bertz CT molecular complexity index is 1020. The molecule has 3 aromatic rings. The second-order valence-electron chi connectivity index (χ2n) is 6.32. The topological polar surface area (TPSA) is 112 Å². The van der Waals surface area contributed by atoms with Crippen LogP contribution in [0.1, 0.15) is 33.1 Å². The molecule has 0 aliphatic rings. The van der Waals surface area contributed by atoms with E-state index in [9.17, 15) is 14.9 Å². The fraction of sp³-hybridized carbons (Fsp3) is 0.263. The molecular formula is C19H20N4O5. The Labute approximate surface area is 161 Å². The van der Waals surface area contributed by atoms with Crippen molar-refractivity contribution in [3.63, 3.8) is 0 Å². The first-order valence-electron chi connectivity index (χ1n) is 8.57. The lowest BCUT2D eigenvalue weighted by atomic mass is 10.2. The van der Waals surface area contributed by atoms with Gasteiger partial charge >= 0.3 is 0 Å². The highest BCUT2D eigenvalue weighted by Crippen LogP contribution is 2.24. The standard InChI is InChI=1S/C19H20N4O5/c1-12-8-15(4-6-17(12)23(25)26)27-11-16-5-7-18(28-16)19(24)20-9-14-10-21-22(3)13(14)2/h4-8,10H,9,11H2,1-3H3,(H,20,24). The SMILES string of the molecule is Cc1cc(OCc2ccc(C(=O)NCc3cnn(C)c3C)o2)ccc1[N+](=O)[O-]. The van der Waals surface area contributed by atoms with Crippen molar-refractivity contribution in [2.75, 3.05) is 0 Å². The summed E-state index contributed by atoms with van der Waals surface area (Å²) in [5.74, 6) is 0.803. The van der Waals surface area contributed by atoms with Crippen LogP contribution >= 0.6 is 0 Å². The van der Waals surface area contributed by atoms with Crippen molar-refractivity contribution in [2.24, 2.45) is 7.05 Å². The van der Waals surface area contributed by atoms with Crippen LogP contribution in [0, 0.1) is 24.0 Å². The number of benzene rings is 1. The Hall–Kier alpha value is -3.62. The molecular weight excluding hydrogens is 364 g/mol. The minimum atomic E-state index is -0.441. The molecule has 0 unspecified atom stereocenters. The minimum Gasteiger partial charge on any atom is -0.486 e. The number of carbonyl (C=O) groups is 1. The highest BCUT2D eigenvalue weighted by Gasteiger charge is 2.14. The number of furan rings is 1. The first-order valence-corrected chi connectivity index (χ1v) is 8.57. The van der Waals surface area contributed by atoms with Crippen LogP contribution in [-0.4, -0.2) is 20.6 Å². The van der Waals surface area contributed by atoms with Crippen LogP contribution in [0.2, 0.25) is 0 Å². The molecule has 2 aromatic heterocycles. The Kier molecular flexibility index (Phi) is 5.44. The second-order valence-corrected chi connectivity index (χ2v) is 6.32. The molecule has 2 heterocycles. The van der Waals surface area contributed by atoms with E-state index in [0.717, 1.165) is 11.3 Å². The maximum atomic E-state index is 12.2. The fourth-order valence-electron chi connectivity index (χ4n) is 2.63. The number of rotatable bonds is 7. The van der Waals surface area contributed by atoms with E-state index >= 15 is 0 Å². The smallest absolute Gasteiger partial charge is 0.287 e. The third kappa shape index (κ3) is 4.20. The number of aryl methyl sites for hydroxylation is 2. The molecule has 0 aliphatic heterocycles. The highest BCUT2D eigenvalue weighted by atomic mass is 16.6. The number of nitro benzene ring substituents is 1. The number of nitro groups is 1. The summed E-state index contributed by atoms with van der Waals surface area (Å²) >= 11 is 0. The molecule has 28 heavy (non-hydrogen) atoms. The van der Waals surface area contributed by atoms with E-state index in [1.165, 1.54) is 12.1 Å². The molecule has 3 rings (SSSR count). The predicted octanol–water partition coefficient (Wildman–Crippen LogP) is 3.05. The molecule has 0 saturated heterocycles. The Balaban J connectivity index is 1.56. The van der Waals surface area contributed by atoms with Crippen molar-refractivity contribution in [3.05, 3.63) is 75.0 Å². The van der Waals surface area contributed by atoms with Gasteiger partial charge in [-0.05, 0) is 38.1 Å². The van der Waals surface area contributed by atoms with Gasteiger partial charge in [0.05, 0.1) is 11.1 Å². The molecule has 0 radical (unpaired) electrons. The van der Waals surface area contributed by atoms with E-state index in [0.29, 0.717) is 23.6 Å². The number of amides is 1. The van der Waals surface area contributed by atoms with Gasteiger partial charge in [0.2, 0.25) is 0 Å². The van der Waals surface area contributed by atoms with Gasteiger partial charge in [-0.3, -0.25) is 19.6 Å². The molecule has 1 amide bonds. The molecule has 1 N–H and O–H groups in total. The summed E-state index contributed by atoms with van der Waals surface area (Å²) in [4.78, 5) is 22.6. The van der Waals surface area contributed by atoms with Gasteiger partial charge in [0.25, 0.3) is 11.6 Å². The lowest BCUT2D eigenvalue weighted by Crippen LogP contribution is -2.22. The average molecular weight is 384 g/mol. The van der Waals surface area contributed by atoms with E-state index in [4.69, 9.17) is 9.15 Å². The number of ether oxygens (including phenoxy) is 1. The summed E-state index contributed by atoms with van der Waals surface area (Å²) in [7, 11) is 1.84. The Morgan fingerprint density at radius 2 is 2.11 bits per heavy atom. The van der Waals surface area contributed by atoms with Gasteiger partial charge in [0, 0.05) is 36.5 Å². The zero-order valence-electron chi connectivity index (χ0n) is 15.8. The van der Waals surface area contributed by atoms with Gasteiger partial charge in [-0.2, -0.15) is 5.10 Å². The summed E-state index contributed by atoms with van der Waals surface area (Å²) in [5, 5.41) is 17.8. The predicted molar refractivity (Wildman–Crippen MR) is 100.0 cm³/mol. The van der Waals surface area contributed by atoms with Crippen molar-refractivity contribution in [1.29, 1.82) is 0 Å². The molecule has 0 fully saturated rings. The van der Waals surface area contributed by atoms with Gasteiger partial charge < -0.3 is 14.5 Å². The molecule has 0 spiro atoms. The van der Waals surface area contributed by atoms with Gasteiger partial charge in [-0.25, -0.2) is 0 Å². The molecule has 9 heteroatoms. The van der Waals surface area contributed by atoms with E-state index in [1.807, 2.05) is 14.0 Å². The van der Waals surface area contributed by atoms with Crippen LogP contribution in [0.4, 0.5) is 5.69 Å². The summed E-state index contributed by atoms with van der Waals surface area (Å²) < 4.78 is 12.8. The van der Waals surface area contributed by atoms with E-state index < -0.39 is 4.92 Å². The average Bonchev–Trinajstić information content (AvgIpc) is 3.26. The van der Waals surface area contributed by atoms with Gasteiger partial charge in [-0.15, -0.1) is 0 Å². The number of nitrogens with zero attached hydrogens (tertiary/aromatic N) is 3. The zero-order valence-corrected chi connectivity index (χ0v) is 15.8. The zero-order chi connectivity index (χ0) is 20.3. The number of aromatic nitrogens is 2. The van der Waals surface area contributed by atoms with E-state index in [-0.39, 0.29) is 24.0 Å². The molecule has 146 valence electrons. The highest BCUT2D eigenvalue weighted by molar-refractivity contribution is 5.91. The van der Waals surface area contributed by atoms with Gasteiger partial charge in [0.15, 0.2) is 5.76 Å². The lowest BCUT2D eigenvalue weighted by molar-refractivity contribution is -0.385. The normalized spacial score (nSPS) is 10.7. The summed E-state index contributed by atoms with van der Waals surface area (Å²) in [5.41, 5.74) is 2.45. The van der Waals surface area contributed by atoms with Crippen LogP contribution in [0.15, 0.2) is 40.9 Å². The Morgan fingerprint density at radius 1 is 1.32 bits per heavy atom. The summed E-state index contributed by atoms with van der Waals surface area (Å²) in [6, 6.07) is 7.74. The number of carbonyl (C=O) groups excluding carboxylic acids is 1. The van der Waals surface area contributed by atoms with Crippen LogP contribution in [0.3, 0.4) is 0 Å². The number of nitrogens with one attached hydrogen (secondary N) is 1. The largest absolute Gasteiger partial charge is 0.486 e. The van der Waals surface area contributed by atoms with Crippen LogP contribution in [0.25, 0.3) is 0 Å². The molecule has 0 saturated carbocycles. The van der Waals surface area contributed by atoms with Crippen LogP contribution in [-0.2, 0) is 20.2 Å². The number of hydrogen-bond donors (Lipinski definition) is 1. The maximum Gasteiger partial charge on any atom is 0.287 e. The van der Waals surface area contributed by atoms with Crippen LogP contribution < -0.4 is 10.1 Å². The monoisotopic (exact) mass is 384 g/mol. The van der Waals surface area contributed by atoms with Crippen molar-refractivity contribution < 1.29 is 18.9 Å². The van der Waals surface area contributed by atoms with Crippen molar-refractivity contribution in [2.45, 2.75) is 27.0 Å². The van der Waals surface area contributed by atoms with Crippen molar-refractivity contribution >= 4 is 11.6 Å². The Morgan fingerprint density at radius 3 is 2.75 bits per heavy atom. The molecule has 9 nitrogen and oxygen atoms in total. The first-order chi connectivity index (χ1) is 13.3. The third-order valence-corrected chi connectivity index (χ3v) is 4.41.